The zero-order chi connectivity index (χ0) is 51.0. The van der Waals surface area contributed by atoms with E-state index in [-0.39, 0.29) is 26.1 Å². The summed E-state index contributed by atoms with van der Waals surface area (Å²) in [4.78, 5) is 25.8. The summed E-state index contributed by atoms with van der Waals surface area (Å²) in [6.07, 6.45) is 28.9. The predicted octanol–water partition coefficient (Wildman–Crippen LogP) is 8.49. The molecule has 0 saturated carbocycles. The number of hydrogen-bond donors (Lipinski definition) is 7. The van der Waals surface area contributed by atoms with E-state index in [9.17, 15) is 45.3 Å². The van der Waals surface area contributed by atoms with Gasteiger partial charge in [-0.2, -0.15) is 0 Å². The standard InChI is InChI=1S/C55H98O15/c1-3-5-7-9-11-13-15-17-18-19-20-21-22-23-24-26-27-29-31-33-35-37-46(57)65-40-43(68-47(58)38-36-34-32-30-28-25-16-14-12-10-8-6-4-2)41-66-54-53(64)51(62)49(60)45(70-54)42-67-55-52(63)50(61)48(59)44(39-56)69-55/h8,10,14,16,19-20,43-45,48-56,59-64H,3-7,9,11-13,15,17-18,21-42H2,1-2H3/b10-8-,16-14-,20-19-. The molecule has 7 N–H and O–H groups in total. The molecule has 0 aliphatic carbocycles. The van der Waals surface area contributed by atoms with Crippen LogP contribution in [0.3, 0.4) is 0 Å². The van der Waals surface area contributed by atoms with Crippen molar-refractivity contribution in [3.63, 3.8) is 0 Å². The Morgan fingerprint density at radius 1 is 0.457 bits per heavy atom. The molecular formula is C55H98O15. The fraction of sp³-hybridized carbons (Fsp3) is 0.855. The van der Waals surface area contributed by atoms with Gasteiger partial charge in [0.15, 0.2) is 18.7 Å². The fourth-order valence-corrected chi connectivity index (χ4v) is 8.54. The normalized spacial score (nSPS) is 25.6. The van der Waals surface area contributed by atoms with E-state index >= 15 is 0 Å². The van der Waals surface area contributed by atoms with Crippen LogP contribution in [0.4, 0.5) is 0 Å². The molecule has 0 radical (unpaired) electrons. The quantitative estimate of drug-likeness (QED) is 0.0173. The van der Waals surface area contributed by atoms with E-state index in [1.807, 2.05) is 0 Å². The molecule has 408 valence electrons. The molecule has 0 spiro atoms. The second kappa shape index (κ2) is 42.1. The summed E-state index contributed by atoms with van der Waals surface area (Å²) in [6.45, 7) is 2.52. The third-order valence-electron chi connectivity index (χ3n) is 13.1. The summed E-state index contributed by atoms with van der Waals surface area (Å²) >= 11 is 0. The number of esters is 2. The summed E-state index contributed by atoms with van der Waals surface area (Å²) in [5.74, 6) is -0.940. The second-order valence-corrected chi connectivity index (χ2v) is 19.4. The van der Waals surface area contributed by atoms with Gasteiger partial charge >= 0.3 is 11.9 Å². The van der Waals surface area contributed by atoms with E-state index in [0.29, 0.717) is 12.8 Å². The van der Waals surface area contributed by atoms with Gasteiger partial charge in [0.1, 0.15) is 55.4 Å². The van der Waals surface area contributed by atoms with Gasteiger partial charge in [0, 0.05) is 12.8 Å². The van der Waals surface area contributed by atoms with Crippen LogP contribution in [0.25, 0.3) is 0 Å². The van der Waals surface area contributed by atoms with Crippen molar-refractivity contribution in [3.05, 3.63) is 36.5 Å². The minimum absolute atomic E-state index is 0.149. The Morgan fingerprint density at radius 2 is 0.886 bits per heavy atom. The minimum Gasteiger partial charge on any atom is -0.462 e. The third-order valence-corrected chi connectivity index (χ3v) is 13.1. The third kappa shape index (κ3) is 29.4. The van der Waals surface area contributed by atoms with Crippen molar-refractivity contribution < 1.29 is 73.8 Å². The van der Waals surface area contributed by atoms with Crippen molar-refractivity contribution in [2.75, 3.05) is 26.4 Å². The Balaban J connectivity index is 1.75. The molecule has 2 rings (SSSR count). The van der Waals surface area contributed by atoms with Crippen LogP contribution in [0.15, 0.2) is 36.5 Å². The monoisotopic (exact) mass is 999 g/mol. The molecule has 2 heterocycles. The van der Waals surface area contributed by atoms with Crippen molar-refractivity contribution in [1.82, 2.24) is 0 Å². The number of carbonyl (C=O) groups is 2. The van der Waals surface area contributed by atoms with Crippen molar-refractivity contribution >= 4 is 11.9 Å². The minimum atomic E-state index is -1.77. The first-order chi connectivity index (χ1) is 34.0. The Kier molecular flexibility index (Phi) is 38.4. The van der Waals surface area contributed by atoms with Gasteiger partial charge in [-0.3, -0.25) is 9.59 Å². The number of aliphatic hydroxyl groups is 7. The van der Waals surface area contributed by atoms with Crippen LogP contribution in [0.1, 0.15) is 206 Å². The zero-order valence-corrected chi connectivity index (χ0v) is 43.3. The SMILES string of the molecule is CCC/C=C\C/C=C\CCCCCCCC(=O)OC(COC(=O)CCCCCCCCCCC/C=C\CCCCCCCCCC)COC1OC(COC2OC(CO)C(O)C(O)C2O)C(O)C(O)C1O. The van der Waals surface area contributed by atoms with Gasteiger partial charge in [-0.25, -0.2) is 0 Å². The van der Waals surface area contributed by atoms with Crippen LogP contribution in [-0.2, 0) is 38.0 Å². The molecule has 0 amide bonds. The van der Waals surface area contributed by atoms with E-state index in [0.717, 1.165) is 70.6 Å². The molecule has 0 aromatic heterocycles. The molecule has 2 aliphatic heterocycles. The molecule has 70 heavy (non-hydrogen) atoms. The average Bonchev–Trinajstić information content (AvgIpc) is 3.35. The van der Waals surface area contributed by atoms with Gasteiger partial charge in [-0.05, 0) is 64.2 Å². The summed E-state index contributed by atoms with van der Waals surface area (Å²) < 4.78 is 33.6. The lowest BCUT2D eigenvalue weighted by Crippen LogP contribution is -2.61. The van der Waals surface area contributed by atoms with Gasteiger partial charge in [0.2, 0.25) is 0 Å². The van der Waals surface area contributed by atoms with E-state index < -0.39 is 92.7 Å². The zero-order valence-electron chi connectivity index (χ0n) is 43.3. The molecule has 2 fully saturated rings. The Hall–Kier alpha value is -2.28. The predicted molar refractivity (Wildman–Crippen MR) is 270 cm³/mol. The molecule has 2 aliphatic rings. The largest absolute Gasteiger partial charge is 0.462 e. The first kappa shape index (κ1) is 63.8. The summed E-state index contributed by atoms with van der Waals surface area (Å²) in [5, 5.41) is 72.1. The molecule has 2 saturated heterocycles. The lowest BCUT2D eigenvalue weighted by Gasteiger charge is -2.42. The van der Waals surface area contributed by atoms with Gasteiger partial charge in [-0.1, -0.05) is 166 Å². The molecular weight excluding hydrogens is 901 g/mol. The Bertz CT molecular complexity index is 1360. The number of hydrogen-bond acceptors (Lipinski definition) is 15. The van der Waals surface area contributed by atoms with Crippen molar-refractivity contribution in [2.45, 2.75) is 274 Å². The number of aliphatic hydroxyl groups excluding tert-OH is 7. The van der Waals surface area contributed by atoms with Crippen molar-refractivity contribution in [1.29, 1.82) is 0 Å². The maximum absolute atomic E-state index is 13.0. The van der Waals surface area contributed by atoms with Crippen LogP contribution >= 0.6 is 0 Å². The average molecular weight is 999 g/mol. The van der Waals surface area contributed by atoms with Gasteiger partial charge in [-0.15, -0.1) is 0 Å². The smallest absolute Gasteiger partial charge is 0.306 e. The van der Waals surface area contributed by atoms with Crippen LogP contribution in [-0.4, -0.2) is 142 Å². The lowest BCUT2D eigenvalue weighted by molar-refractivity contribution is -0.332. The highest BCUT2D eigenvalue weighted by Crippen LogP contribution is 2.26. The van der Waals surface area contributed by atoms with Crippen molar-refractivity contribution in [2.24, 2.45) is 0 Å². The van der Waals surface area contributed by atoms with E-state index in [2.05, 4.69) is 50.3 Å². The maximum Gasteiger partial charge on any atom is 0.306 e. The molecule has 15 heteroatoms. The molecule has 0 aromatic carbocycles. The highest BCUT2D eigenvalue weighted by Gasteiger charge is 2.47. The molecule has 0 aromatic rings. The maximum atomic E-state index is 13.0. The van der Waals surface area contributed by atoms with E-state index in [1.165, 1.54) is 96.3 Å². The molecule has 0 bridgehead atoms. The molecule has 15 nitrogen and oxygen atoms in total. The number of ether oxygens (including phenoxy) is 6. The highest BCUT2D eigenvalue weighted by atomic mass is 16.7. The highest BCUT2D eigenvalue weighted by molar-refractivity contribution is 5.70. The summed E-state index contributed by atoms with van der Waals surface area (Å²) in [7, 11) is 0. The number of allylic oxidation sites excluding steroid dienone is 6. The topological polar surface area (TPSA) is 231 Å². The fourth-order valence-electron chi connectivity index (χ4n) is 8.54. The Morgan fingerprint density at radius 3 is 1.40 bits per heavy atom. The first-order valence-electron chi connectivity index (χ1n) is 27.6. The summed E-state index contributed by atoms with van der Waals surface area (Å²) in [5.41, 5.74) is 0. The number of unbranched alkanes of at least 4 members (excludes halogenated alkanes) is 23. The Labute approximate surface area is 421 Å². The van der Waals surface area contributed by atoms with Crippen LogP contribution in [0, 0.1) is 0 Å². The van der Waals surface area contributed by atoms with Crippen LogP contribution < -0.4 is 0 Å². The lowest BCUT2D eigenvalue weighted by atomic mass is 9.98. The summed E-state index contributed by atoms with van der Waals surface area (Å²) in [6, 6.07) is 0. The number of rotatable bonds is 43. The second-order valence-electron chi connectivity index (χ2n) is 19.4. The number of carbonyl (C=O) groups excluding carboxylic acids is 2. The van der Waals surface area contributed by atoms with Crippen LogP contribution in [0.2, 0.25) is 0 Å². The van der Waals surface area contributed by atoms with Crippen molar-refractivity contribution in [3.8, 4) is 0 Å². The molecule has 11 atom stereocenters. The van der Waals surface area contributed by atoms with E-state index in [4.69, 9.17) is 28.4 Å². The van der Waals surface area contributed by atoms with Crippen LogP contribution in [0.5, 0.6) is 0 Å². The van der Waals surface area contributed by atoms with Gasteiger partial charge in [0.25, 0.3) is 0 Å². The van der Waals surface area contributed by atoms with Gasteiger partial charge < -0.3 is 64.2 Å². The molecule has 11 unspecified atom stereocenters. The van der Waals surface area contributed by atoms with E-state index in [1.54, 1.807) is 0 Å². The first-order valence-corrected chi connectivity index (χ1v) is 27.6. The van der Waals surface area contributed by atoms with Gasteiger partial charge in [0.05, 0.1) is 19.8 Å².